The standard InChI is InChI=1S/C15H22FNO/c1-10(2)17-9-11-7-8-12(11)13-5-4-6-14(18-3)15(13)16/h4-6,10-12,17H,7-9H2,1-3H3. The van der Waals surface area contributed by atoms with E-state index in [-0.39, 0.29) is 5.82 Å². The van der Waals surface area contributed by atoms with Crippen LogP contribution in [0.4, 0.5) is 4.39 Å². The average molecular weight is 251 g/mol. The number of nitrogens with one attached hydrogen (secondary N) is 1. The summed E-state index contributed by atoms with van der Waals surface area (Å²) in [6.07, 6.45) is 2.26. The first-order chi connectivity index (χ1) is 8.63. The second-order valence-corrected chi connectivity index (χ2v) is 5.37. The highest BCUT2D eigenvalue weighted by Gasteiger charge is 2.34. The predicted octanol–water partition coefficient (Wildman–Crippen LogP) is 3.33. The van der Waals surface area contributed by atoms with Crippen molar-refractivity contribution in [1.29, 1.82) is 0 Å². The van der Waals surface area contributed by atoms with Crippen LogP contribution in [-0.2, 0) is 0 Å². The summed E-state index contributed by atoms with van der Waals surface area (Å²) in [7, 11) is 1.51. The van der Waals surface area contributed by atoms with Gasteiger partial charge in [-0.3, -0.25) is 0 Å². The van der Waals surface area contributed by atoms with E-state index in [0.29, 0.717) is 23.6 Å². The van der Waals surface area contributed by atoms with Crippen LogP contribution in [0.2, 0.25) is 0 Å². The Hall–Kier alpha value is -1.09. The van der Waals surface area contributed by atoms with Crippen LogP contribution in [0.5, 0.6) is 5.75 Å². The highest BCUT2D eigenvalue weighted by atomic mass is 19.1. The third kappa shape index (κ3) is 2.66. The van der Waals surface area contributed by atoms with E-state index < -0.39 is 0 Å². The van der Waals surface area contributed by atoms with Crippen molar-refractivity contribution in [1.82, 2.24) is 5.32 Å². The van der Waals surface area contributed by atoms with Gasteiger partial charge in [0.15, 0.2) is 11.6 Å². The van der Waals surface area contributed by atoms with E-state index in [1.165, 1.54) is 13.5 Å². The Morgan fingerprint density at radius 2 is 2.17 bits per heavy atom. The Bertz CT molecular complexity index is 405. The molecule has 2 atom stereocenters. The molecule has 1 aliphatic carbocycles. The normalized spacial score (nSPS) is 22.9. The Morgan fingerprint density at radius 1 is 1.39 bits per heavy atom. The molecule has 0 amide bonds. The SMILES string of the molecule is COc1cccc(C2CCC2CNC(C)C)c1F. The number of methoxy groups -OCH3 is 1. The summed E-state index contributed by atoms with van der Waals surface area (Å²) >= 11 is 0. The molecule has 1 aliphatic rings. The van der Waals surface area contributed by atoms with Gasteiger partial charge in [0.1, 0.15) is 0 Å². The van der Waals surface area contributed by atoms with E-state index in [4.69, 9.17) is 4.74 Å². The lowest BCUT2D eigenvalue weighted by Crippen LogP contribution is -2.37. The highest BCUT2D eigenvalue weighted by molar-refractivity contribution is 5.34. The molecule has 2 nitrogen and oxygen atoms in total. The zero-order valence-corrected chi connectivity index (χ0v) is 11.4. The third-order valence-corrected chi connectivity index (χ3v) is 3.82. The summed E-state index contributed by atoms with van der Waals surface area (Å²) < 4.78 is 19.2. The van der Waals surface area contributed by atoms with Crippen LogP contribution in [0.1, 0.15) is 38.2 Å². The van der Waals surface area contributed by atoms with Gasteiger partial charge in [0.05, 0.1) is 7.11 Å². The molecule has 3 heteroatoms. The van der Waals surface area contributed by atoms with E-state index in [9.17, 15) is 4.39 Å². The van der Waals surface area contributed by atoms with Gasteiger partial charge < -0.3 is 10.1 Å². The summed E-state index contributed by atoms with van der Waals surface area (Å²) in [4.78, 5) is 0. The molecule has 0 aliphatic heterocycles. The van der Waals surface area contributed by atoms with Crippen molar-refractivity contribution < 1.29 is 9.13 Å². The quantitative estimate of drug-likeness (QED) is 0.866. The van der Waals surface area contributed by atoms with Gasteiger partial charge in [-0.25, -0.2) is 4.39 Å². The summed E-state index contributed by atoms with van der Waals surface area (Å²) in [6.45, 7) is 5.25. The molecule has 1 N–H and O–H groups in total. The smallest absolute Gasteiger partial charge is 0.168 e. The molecule has 2 unspecified atom stereocenters. The lowest BCUT2D eigenvalue weighted by atomic mass is 9.69. The minimum Gasteiger partial charge on any atom is -0.494 e. The molecule has 0 bridgehead atoms. The largest absolute Gasteiger partial charge is 0.494 e. The van der Waals surface area contributed by atoms with Gasteiger partial charge in [0.25, 0.3) is 0 Å². The molecule has 100 valence electrons. The highest BCUT2D eigenvalue weighted by Crippen LogP contribution is 2.44. The van der Waals surface area contributed by atoms with Gasteiger partial charge in [-0.1, -0.05) is 26.0 Å². The Morgan fingerprint density at radius 3 is 2.72 bits per heavy atom. The maximum absolute atomic E-state index is 14.2. The molecule has 0 heterocycles. The van der Waals surface area contributed by atoms with E-state index in [2.05, 4.69) is 19.2 Å². The molecule has 0 aromatic heterocycles. The van der Waals surface area contributed by atoms with Gasteiger partial charge >= 0.3 is 0 Å². The minimum atomic E-state index is -0.181. The zero-order valence-electron chi connectivity index (χ0n) is 11.4. The van der Waals surface area contributed by atoms with Crippen molar-refractivity contribution in [2.45, 2.75) is 38.6 Å². The number of hydrogen-bond acceptors (Lipinski definition) is 2. The summed E-state index contributed by atoms with van der Waals surface area (Å²) in [6, 6.07) is 5.94. The van der Waals surface area contributed by atoms with Crippen LogP contribution >= 0.6 is 0 Å². The first-order valence-electron chi connectivity index (χ1n) is 6.69. The van der Waals surface area contributed by atoms with Crippen molar-refractivity contribution in [3.8, 4) is 5.75 Å². The molecule has 0 spiro atoms. The average Bonchev–Trinajstić information content (AvgIpc) is 2.30. The van der Waals surface area contributed by atoms with Gasteiger partial charge in [-0.05, 0) is 42.9 Å². The molecule has 1 aromatic rings. The Kier molecular flexibility index (Phi) is 4.23. The Balaban J connectivity index is 2.07. The molecular weight excluding hydrogens is 229 g/mol. The molecular formula is C15H22FNO. The van der Waals surface area contributed by atoms with Crippen LogP contribution < -0.4 is 10.1 Å². The lowest BCUT2D eigenvalue weighted by molar-refractivity contribution is 0.234. The van der Waals surface area contributed by atoms with Gasteiger partial charge in [0, 0.05) is 6.04 Å². The van der Waals surface area contributed by atoms with Crippen molar-refractivity contribution in [2.75, 3.05) is 13.7 Å². The second kappa shape index (κ2) is 5.70. The molecule has 18 heavy (non-hydrogen) atoms. The van der Waals surface area contributed by atoms with Gasteiger partial charge in [-0.2, -0.15) is 0 Å². The predicted molar refractivity (Wildman–Crippen MR) is 71.6 cm³/mol. The molecule has 1 aromatic carbocycles. The van der Waals surface area contributed by atoms with Crippen LogP contribution in [0, 0.1) is 11.7 Å². The molecule has 0 saturated heterocycles. The fraction of sp³-hybridized carbons (Fsp3) is 0.600. The molecule has 2 rings (SSSR count). The minimum absolute atomic E-state index is 0.181. The van der Waals surface area contributed by atoms with E-state index in [0.717, 1.165) is 18.5 Å². The topological polar surface area (TPSA) is 21.3 Å². The molecule has 0 radical (unpaired) electrons. The van der Waals surface area contributed by atoms with Crippen molar-refractivity contribution in [3.05, 3.63) is 29.6 Å². The van der Waals surface area contributed by atoms with Gasteiger partial charge in [0.2, 0.25) is 0 Å². The zero-order chi connectivity index (χ0) is 13.1. The number of halogens is 1. The molecule has 1 saturated carbocycles. The second-order valence-electron chi connectivity index (χ2n) is 5.37. The Labute approximate surface area is 109 Å². The lowest BCUT2D eigenvalue weighted by Gasteiger charge is -2.38. The van der Waals surface area contributed by atoms with Crippen molar-refractivity contribution in [3.63, 3.8) is 0 Å². The fourth-order valence-corrected chi connectivity index (χ4v) is 2.58. The van der Waals surface area contributed by atoms with Crippen LogP contribution in [0.25, 0.3) is 0 Å². The maximum atomic E-state index is 14.2. The summed E-state index contributed by atoms with van der Waals surface area (Å²) in [5, 5.41) is 3.44. The number of rotatable bonds is 5. The van der Waals surface area contributed by atoms with Crippen molar-refractivity contribution in [2.24, 2.45) is 5.92 Å². The van der Waals surface area contributed by atoms with E-state index in [1.807, 2.05) is 12.1 Å². The monoisotopic (exact) mass is 251 g/mol. The third-order valence-electron chi connectivity index (χ3n) is 3.82. The fourth-order valence-electron chi connectivity index (χ4n) is 2.58. The van der Waals surface area contributed by atoms with E-state index >= 15 is 0 Å². The van der Waals surface area contributed by atoms with Crippen LogP contribution in [0.3, 0.4) is 0 Å². The van der Waals surface area contributed by atoms with Crippen molar-refractivity contribution >= 4 is 0 Å². The van der Waals surface area contributed by atoms with Crippen LogP contribution in [0.15, 0.2) is 18.2 Å². The summed E-state index contributed by atoms with van der Waals surface area (Å²) in [5.74, 6) is 1.06. The van der Waals surface area contributed by atoms with Gasteiger partial charge in [-0.15, -0.1) is 0 Å². The number of hydrogen-bond donors (Lipinski definition) is 1. The number of benzene rings is 1. The van der Waals surface area contributed by atoms with E-state index in [1.54, 1.807) is 6.07 Å². The first-order valence-corrected chi connectivity index (χ1v) is 6.69. The maximum Gasteiger partial charge on any atom is 0.168 e. The van der Waals surface area contributed by atoms with Crippen LogP contribution in [-0.4, -0.2) is 19.7 Å². The first kappa shape index (κ1) is 13.3. The number of ether oxygens (including phenoxy) is 1. The molecule has 1 fully saturated rings. The summed E-state index contributed by atoms with van der Waals surface area (Å²) in [5.41, 5.74) is 0.816.